The average molecular weight is 722 g/mol. The van der Waals surface area contributed by atoms with Gasteiger partial charge in [0.15, 0.2) is 0 Å². The van der Waals surface area contributed by atoms with Gasteiger partial charge in [0.1, 0.15) is 35.4 Å². The van der Waals surface area contributed by atoms with Crippen molar-refractivity contribution in [2.75, 3.05) is 19.5 Å². The number of fused-ring (bicyclic) bond motifs is 1. The van der Waals surface area contributed by atoms with Crippen LogP contribution in [0.1, 0.15) is 33.9 Å². The number of aliphatic carboxylic acids is 2. The van der Waals surface area contributed by atoms with E-state index in [0.717, 1.165) is 33.6 Å². The first-order chi connectivity index (χ1) is 25.5. The first kappa shape index (κ1) is 38.0. The maximum atomic E-state index is 11.5. The highest BCUT2D eigenvalue weighted by Gasteiger charge is 2.38. The Morgan fingerprint density at radius 1 is 0.774 bits per heavy atom. The molecule has 11 heteroatoms. The number of aryl methyl sites for hydroxylation is 2. The first-order valence-corrected chi connectivity index (χ1v) is 17.0. The van der Waals surface area contributed by atoms with E-state index >= 15 is 0 Å². The predicted molar refractivity (Wildman–Crippen MR) is 199 cm³/mol. The van der Waals surface area contributed by atoms with Crippen molar-refractivity contribution in [2.24, 2.45) is 5.92 Å². The van der Waals surface area contributed by atoms with Crippen LogP contribution >= 0.6 is 0 Å². The molecule has 4 atom stereocenters. The highest BCUT2D eigenvalue weighted by molar-refractivity contribution is 5.84. The van der Waals surface area contributed by atoms with E-state index in [-0.39, 0.29) is 17.4 Å². The molecule has 0 radical (unpaired) electrons. The van der Waals surface area contributed by atoms with Gasteiger partial charge in [-0.2, -0.15) is 0 Å². The number of carboxylic acid groups (broad SMARTS) is 2. The zero-order valence-electron chi connectivity index (χ0n) is 29.7. The van der Waals surface area contributed by atoms with Crippen LogP contribution in [0.25, 0.3) is 0 Å². The maximum absolute atomic E-state index is 11.5. The number of aliphatic hydroxyl groups excluding tert-OH is 1. The Labute approximate surface area is 308 Å². The molecule has 1 heterocycles. The Bertz CT molecular complexity index is 1900. The molecular weight excluding hydrogens is 678 g/mol. The Morgan fingerprint density at radius 2 is 1.34 bits per heavy atom. The molecule has 2 unspecified atom stereocenters. The fourth-order valence-corrected chi connectivity index (χ4v) is 5.68. The van der Waals surface area contributed by atoms with Crippen LogP contribution in [0.4, 0.5) is 5.69 Å². The van der Waals surface area contributed by atoms with E-state index in [4.69, 9.17) is 29.4 Å². The number of hydrogen-bond donors (Lipinski definition) is 4. The molecule has 0 aliphatic carbocycles. The predicted octanol–water partition coefficient (Wildman–Crippen LogP) is 6.81. The number of benzene rings is 5. The summed E-state index contributed by atoms with van der Waals surface area (Å²) in [4.78, 5) is 23.0. The zero-order chi connectivity index (χ0) is 37.9. The van der Waals surface area contributed by atoms with Crippen molar-refractivity contribution in [1.29, 1.82) is 0 Å². The second kappa shape index (κ2) is 17.8. The molecule has 0 bridgehead atoms. The number of rotatable bonds is 13. The van der Waals surface area contributed by atoms with Gasteiger partial charge in [0.05, 0.1) is 19.8 Å². The Kier molecular flexibility index (Phi) is 12.8. The van der Waals surface area contributed by atoms with E-state index in [2.05, 4.69) is 0 Å². The number of aliphatic hydroxyl groups is 1. The van der Waals surface area contributed by atoms with E-state index in [1.807, 2.05) is 80.6 Å². The molecule has 276 valence electrons. The summed E-state index contributed by atoms with van der Waals surface area (Å²) in [7, 11) is 1.63. The van der Waals surface area contributed by atoms with E-state index in [0.29, 0.717) is 36.8 Å². The van der Waals surface area contributed by atoms with Gasteiger partial charge in [0, 0.05) is 17.2 Å². The number of nitrogens with two attached hydrogens (primary N) is 1. The van der Waals surface area contributed by atoms with Crippen LogP contribution in [0.2, 0.25) is 0 Å². The largest absolute Gasteiger partial charge is 0.496 e. The summed E-state index contributed by atoms with van der Waals surface area (Å²) in [6, 6.07) is 34.4. The van der Waals surface area contributed by atoms with Crippen molar-refractivity contribution in [2.45, 2.75) is 45.2 Å². The molecule has 6 rings (SSSR count). The van der Waals surface area contributed by atoms with Crippen LogP contribution in [0, 0.1) is 19.8 Å². The topological polar surface area (TPSA) is 167 Å². The third-order valence-electron chi connectivity index (χ3n) is 8.56. The minimum Gasteiger partial charge on any atom is -0.496 e. The standard InChI is InChI=1S/C24H25NO4.C18H18O6/c1-27-22-9-7-19(25)12-17(22)11-18-15-29-23-10-8-20(13-21(23)24(18)26)28-14-16-5-3-2-4-6-16;1-11-3-7-13(8-4-11)23-15(17(19)20)16(18(21)22)24-14-9-5-12(2)6-10-14/h2-10,12-13,18,24,26H,11,14-15,25H2,1H3;3-10,15-16H,1-2H3,(H,19,20)(H,21,22)/t;15-,16-/m.1/s1. The minimum absolute atomic E-state index is 0.109. The lowest BCUT2D eigenvalue weighted by Crippen LogP contribution is -2.47. The molecule has 53 heavy (non-hydrogen) atoms. The van der Waals surface area contributed by atoms with Gasteiger partial charge in [-0.15, -0.1) is 0 Å². The molecule has 0 fully saturated rings. The van der Waals surface area contributed by atoms with Crippen molar-refractivity contribution >= 4 is 17.6 Å². The Hall–Kier alpha value is -6.20. The number of nitrogen functional groups attached to an aromatic ring is 1. The molecule has 5 aromatic carbocycles. The van der Waals surface area contributed by atoms with E-state index in [1.54, 1.807) is 55.6 Å². The van der Waals surface area contributed by atoms with Crippen molar-refractivity contribution in [3.8, 4) is 28.7 Å². The molecule has 11 nitrogen and oxygen atoms in total. The van der Waals surface area contributed by atoms with E-state index in [9.17, 15) is 24.9 Å². The summed E-state index contributed by atoms with van der Waals surface area (Å²) in [5, 5.41) is 29.7. The van der Waals surface area contributed by atoms with Crippen LogP contribution in [-0.4, -0.2) is 53.2 Å². The summed E-state index contributed by atoms with van der Waals surface area (Å²) >= 11 is 0. The van der Waals surface area contributed by atoms with Gasteiger partial charge in [-0.3, -0.25) is 0 Å². The number of ether oxygens (including phenoxy) is 5. The third kappa shape index (κ3) is 10.4. The fraction of sp³-hybridized carbons (Fsp3) is 0.238. The average Bonchev–Trinajstić information content (AvgIpc) is 3.15. The van der Waals surface area contributed by atoms with Crippen LogP contribution in [0.5, 0.6) is 28.7 Å². The number of hydrogen-bond acceptors (Lipinski definition) is 9. The lowest BCUT2D eigenvalue weighted by molar-refractivity contribution is -0.161. The molecule has 0 aromatic heterocycles. The minimum atomic E-state index is -1.69. The molecule has 5 N–H and O–H groups in total. The zero-order valence-corrected chi connectivity index (χ0v) is 29.7. The van der Waals surface area contributed by atoms with Gasteiger partial charge in [0.2, 0.25) is 12.2 Å². The lowest BCUT2D eigenvalue weighted by Gasteiger charge is -2.31. The molecule has 0 spiro atoms. The lowest BCUT2D eigenvalue weighted by atomic mass is 9.87. The molecular formula is C42H43NO10. The normalized spacial score (nSPS) is 15.6. The molecule has 0 saturated carbocycles. The quantitative estimate of drug-likeness (QED) is 0.0944. The van der Waals surface area contributed by atoms with E-state index in [1.165, 1.54) is 0 Å². The second-order valence-electron chi connectivity index (χ2n) is 12.6. The van der Waals surface area contributed by atoms with Crippen molar-refractivity contribution in [3.63, 3.8) is 0 Å². The van der Waals surface area contributed by atoms with Gasteiger partial charge >= 0.3 is 11.9 Å². The van der Waals surface area contributed by atoms with Crippen molar-refractivity contribution < 1.29 is 48.6 Å². The van der Waals surface area contributed by atoms with Crippen LogP contribution in [-0.2, 0) is 22.6 Å². The van der Waals surface area contributed by atoms with Crippen LogP contribution in [0.3, 0.4) is 0 Å². The second-order valence-corrected chi connectivity index (χ2v) is 12.6. The van der Waals surface area contributed by atoms with E-state index < -0.39 is 30.3 Å². The summed E-state index contributed by atoms with van der Waals surface area (Å²) in [5.74, 6) is -0.277. The molecule has 5 aromatic rings. The molecule has 1 aliphatic heterocycles. The maximum Gasteiger partial charge on any atom is 0.349 e. The van der Waals surface area contributed by atoms with Crippen molar-refractivity contribution in [3.05, 3.63) is 143 Å². The van der Waals surface area contributed by atoms with Gasteiger partial charge < -0.3 is 44.7 Å². The third-order valence-corrected chi connectivity index (χ3v) is 8.56. The summed E-state index contributed by atoms with van der Waals surface area (Å²) < 4.78 is 28.0. The van der Waals surface area contributed by atoms with Gasteiger partial charge in [-0.1, -0.05) is 65.7 Å². The summed E-state index contributed by atoms with van der Waals surface area (Å²) in [6.45, 7) is 4.65. The Morgan fingerprint density at radius 3 is 1.89 bits per heavy atom. The highest BCUT2D eigenvalue weighted by Crippen LogP contribution is 2.40. The number of carbonyl (C=O) groups is 2. The highest BCUT2D eigenvalue weighted by atomic mass is 16.6. The smallest absolute Gasteiger partial charge is 0.349 e. The summed E-state index contributed by atoms with van der Waals surface area (Å²) in [5.41, 5.74) is 11.3. The van der Waals surface area contributed by atoms with Gasteiger partial charge in [-0.25, -0.2) is 9.59 Å². The van der Waals surface area contributed by atoms with Crippen LogP contribution in [0.15, 0.2) is 115 Å². The Balaban J connectivity index is 0.000000209. The monoisotopic (exact) mass is 721 g/mol. The van der Waals surface area contributed by atoms with Gasteiger partial charge in [0.25, 0.3) is 0 Å². The molecule has 0 amide bonds. The number of carboxylic acids is 2. The first-order valence-electron chi connectivity index (χ1n) is 17.0. The number of anilines is 1. The fourth-order valence-electron chi connectivity index (χ4n) is 5.68. The molecule has 1 aliphatic rings. The van der Waals surface area contributed by atoms with Gasteiger partial charge in [-0.05, 0) is 92.1 Å². The SMILES string of the molecule is COc1ccc(N)cc1CC1COc2ccc(OCc3ccccc3)cc2C1O.Cc1ccc(O[C@@H](C(=O)O)[C@@H](Oc2ccc(C)cc2)C(=O)O)cc1. The number of methoxy groups -OCH3 is 1. The molecule has 0 saturated heterocycles. The van der Waals surface area contributed by atoms with Crippen LogP contribution < -0.4 is 29.4 Å². The summed E-state index contributed by atoms with van der Waals surface area (Å²) in [6.07, 6.45) is -3.44. The van der Waals surface area contributed by atoms with Crippen molar-refractivity contribution in [1.82, 2.24) is 0 Å².